The summed E-state index contributed by atoms with van der Waals surface area (Å²) in [6, 6.07) is 12.9. The number of carbonyl (C=O) groups is 1. The SMILES string of the molecule is CCCCCCNC(=O)Nc1ccc(S(=O)(=O)Nc2ccc(CCN)cc2)cc1. The van der Waals surface area contributed by atoms with Gasteiger partial charge in [-0.1, -0.05) is 38.3 Å². The minimum atomic E-state index is -3.71. The molecule has 0 aliphatic heterocycles. The number of unbranched alkanes of at least 4 members (excludes halogenated alkanes) is 3. The molecule has 0 saturated carbocycles. The van der Waals surface area contributed by atoms with Gasteiger partial charge >= 0.3 is 6.03 Å². The van der Waals surface area contributed by atoms with Crippen molar-refractivity contribution in [2.45, 2.75) is 43.9 Å². The zero-order valence-corrected chi connectivity index (χ0v) is 17.6. The third-order valence-electron chi connectivity index (χ3n) is 4.38. The molecule has 0 spiro atoms. The Morgan fingerprint density at radius 1 is 0.931 bits per heavy atom. The second-order valence-electron chi connectivity index (χ2n) is 6.81. The molecule has 0 aliphatic carbocycles. The number of rotatable bonds is 11. The van der Waals surface area contributed by atoms with Crippen LogP contribution < -0.4 is 21.1 Å². The molecule has 2 aromatic rings. The minimum Gasteiger partial charge on any atom is -0.338 e. The first-order valence-corrected chi connectivity index (χ1v) is 11.4. The van der Waals surface area contributed by atoms with E-state index in [1.165, 1.54) is 12.1 Å². The smallest absolute Gasteiger partial charge is 0.319 e. The summed E-state index contributed by atoms with van der Waals surface area (Å²) >= 11 is 0. The van der Waals surface area contributed by atoms with Gasteiger partial charge in [-0.15, -0.1) is 0 Å². The molecule has 2 rings (SSSR count). The maximum absolute atomic E-state index is 12.5. The quantitative estimate of drug-likeness (QED) is 0.417. The summed E-state index contributed by atoms with van der Waals surface area (Å²) < 4.78 is 27.6. The van der Waals surface area contributed by atoms with Crippen LogP contribution in [0.25, 0.3) is 0 Å². The first-order chi connectivity index (χ1) is 13.9. The van der Waals surface area contributed by atoms with Crippen molar-refractivity contribution in [3.05, 3.63) is 54.1 Å². The predicted molar refractivity (Wildman–Crippen MR) is 118 cm³/mol. The van der Waals surface area contributed by atoms with Gasteiger partial charge in [0.05, 0.1) is 4.90 Å². The van der Waals surface area contributed by atoms with Crippen LogP contribution in [0.5, 0.6) is 0 Å². The highest BCUT2D eigenvalue weighted by atomic mass is 32.2. The van der Waals surface area contributed by atoms with Crippen LogP contribution in [-0.2, 0) is 16.4 Å². The number of nitrogens with two attached hydrogens (primary N) is 1. The van der Waals surface area contributed by atoms with Gasteiger partial charge in [0.1, 0.15) is 0 Å². The minimum absolute atomic E-state index is 0.119. The highest BCUT2D eigenvalue weighted by Crippen LogP contribution is 2.19. The van der Waals surface area contributed by atoms with Crippen LogP contribution >= 0.6 is 0 Å². The third kappa shape index (κ3) is 7.75. The van der Waals surface area contributed by atoms with E-state index in [0.29, 0.717) is 24.5 Å². The Kier molecular flexibility index (Phi) is 8.95. The molecule has 29 heavy (non-hydrogen) atoms. The van der Waals surface area contributed by atoms with Crippen LogP contribution in [0.15, 0.2) is 53.4 Å². The monoisotopic (exact) mass is 418 g/mol. The molecule has 0 radical (unpaired) electrons. The van der Waals surface area contributed by atoms with Gasteiger partial charge in [0.2, 0.25) is 0 Å². The van der Waals surface area contributed by atoms with Crippen molar-refractivity contribution in [3.8, 4) is 0 Å². The molecule has 5 N–H and O–H groups in total. The molecular weight excluding hydrogens is 388 g/mol. The van der Waals surface area contributed by atoms with Gasteiger partial charge in [-0.3, -0.25) is 4.72 Å². The fourth-order valence-electron chi connectivity index (χ4n) is 2.77. The predicted octanol–water partition coefficient (Wildman–Crippen LogP) is 3.69. The normalized spacial score (nSPS) is 11.1. The van der Waals surface area contributed by atoms with Gasteiger partial charge in [0, 0.05) is 17.9 Å². The summed E-state index contributed by atoms with van der Waals surface area (Å²) in [7, 11) is -3.71. The van der Waals surface area contributed by atoms with Crippen molar-refractivity contribution in [3.63, 3.8) is 0 Å². The molecule has 0 atom stereocenters. The first kappa shape index (κ1) is 22.7. The first-order valence-electron chi connectivity index (χ1n) is 9.91. The average molecular weight is 419 g/mol. The molecule has 0 heterocycles. The van der Waals surface area contributed by atoms with Crippen molar-refractivity contribution < 1.29 is 13.2 Å². The van der Waals surface area contributed by atoms with Gasteiger partial charge in [-0.25, -0.2) is 13.2 Å². The zero-order chi connectivity index (χ0) is 21.1. The lowest BCUT2D eigenvalue weighted by Gasteiger charge is -2.10. The van der Waals surface area contributed by atoms with E-state index < -0.39 is 10.0 Å². The summed E-state index contributed by atoms with van der Waals surface area (Å²) in [4.78, 5) is 12.0. The molecule has 0 unspecified atom stereocenters. The van der Waals surface area contributed by atoms with E-state index in [9.17, 15) is 13.2 Å². The van der Waals surface area contributed by atoms with Gasteiger partial charge in [0.15, 0.2) is 0 Å². The van der Waals surface area contributed by atoms with Crippen LogP contribution in [-0.4, -0.2) is 27.5 Å². The van der Waals surface area contributed by atoms with Crippen LogP contribution in [0.2, 0.25) is 0 Å². The number of nitrogens with one attached hydrogen (secondary N) is 3. The Bertz CT molecular complexity index is 866. The topological polar surface area (TPSA) is 113 Å². The number of benzene rings is 2. The Labute approximate surface area is 173 Å². The average Bonchev–Trinajstić information content (AvgIpc) is 2.70. The summed E-state index contributed by atoms with van der Waals surface area (Å²) in [6.07, 6.45) is 5.08. The van der Waals surface area contributed by atoms with E-state index in [1.807, 2.05) is 12.1 Å². The second-order valence-corrected chi connectivity index (χ2v) is 8.49. The summed E-state index contributed by atoms with van der Waals surface area (Å²) in [5, 5.41) is 5.50. The van der Waals surface area contributed by atoms with E-state index >= 15 is 0 Å². The second kappa shape index (κ2) is 11.4. The molecular formula is C21H30N4O3S. The molecule has 0 aliphatic rings. The molecule has 0 aromatic heterocycles. The maximum atomic E-state index is 12.5. The molecule has 8 heteroatoms. The Morgan fingerprint density at radius 2 is 1.59 bits per heavy atom. The Hall–Kier alpha value is -2.58. The van der Waals surface area contributed by atoms with Gasteiger partial charge in [0.25, 0.3) is 10.0 Å². The number of hydrogen-bond acceptors (Lipinski definition) is 4. The zero-order valence-electron chi connectivity index (χ0n) is 16.8. The molecule has 0 fully saturated rings. The molecule has 0 bridgehead atoms. The molecule has 7 nitrogen and oxygen atoms in total. The summed E-state index contributed by atoms with van der Waals surface area (Å²) in [5.74, 6) is 0. The van der Waals surface area contributed by atoms with Crippen molar-refractivity contribution in [2.75, 3.05) is 23.1 Å². The highest BCUT2D eigenvalue weighted by molar-refractivity contribution is 7.92. The van der Waals surface area contributed by atoms with Gasteiger partial charge < -0.3 is 16.4 Å². The van der Waals surface area contributed by atoms with E-state index in [2.05, 4.69) is 22.3 Å². The lowest BCUT2D eigenvalue weighted by molar-refractivity contribution is 0.252. The number of amides is 2. The van der Waals surface area contributed by atoms with E-state index in [4.69, 9.17) is 5.73 Å². The van der Waals surface area contributed by atoms with Gasteiger partial charge in [-0.05, 0) is 61.3 Å². The summed E-state index contributed by atoms with van der Waals surface area (Å²) in [5.41, 5.74) is 7.58. The lowest BCUT2D eigenvalue weighted by Crippen LogP contribution is -2.29. The third-order valence-corrected chi connectivity index (χ3v) is 5.77. The largest absolute Gasteiger partial charge is 0.338 e. The van der Waals surface area contributed by atoms with Crippen molar-refractivity contribution in [1.82, 2.24) is 5.32 Å². The number of carbonyl (C=O) groups excluding carboxylic acids is 1. The van der Waals surface area contributed by atoms with Crippen LogP contribution in [0.4, 0.5) is 16.2 Å². The van der Waals surface area contributed by atoms with Crippen LogP contribution in [0, 0.1) is 0 Å². The molecule has 0 saturated heterocycles. The van der Waals surface area contributed by atoms with Crippen molar-refractivity contribution in [2.24, 2.45) is 5.73 Å². The fourth-order valence-corrected chi connectivity index (χ4v) is 3.83. The lowest BCUT2D eigenvalue weighted by atomic mass is 10.1. The van der Waals surface area contributed by atoms with E-state index in [1.54, 1.807) is 24.3 Å². The highest BCUT2D eigenvalue weighted by Gasteiger charge is 2.14. The van der Waals surface area contributed by atoms with E-state index in [-0.39, 0.29) is 10.9 Å². The van der Waals surface area contributed by atoms with Gasteiger partial charge in [-0.2, -0.15) is 0 Å². The molecule has 2 amide bonds. The number of hydrogen-bond donors (Lipinski definition) is 4. The van der Waals surface area contributed by atoms with E-state index in [0.717, 1.165) is 37.7 Å². The number of urea groups is 1. The Balaban J connectivity index is 1.89. The number of sulfonamides is 1. The molecule has 2 aromatic carbocycles. The Morgan fingerprint density at radius 3 is 2.21 bits per heavy atom. The number of anilines is 2. The molecule has 158 valence electrons. The standard InChI is InChI=1S/C21H30N4O3S/c1-2-3-4-5-16-23-21(26)24-18-10-12-20(13-11-18)29(27,28)25-19-8-6-17(7-9-19)14-15-22/h6-13,25H,2-5,14-16,22H2,1H3,(H2,23,24,26). The summed E-state index contributed by atoms with van der Waals surface area (Å²) in [6.45, 7) is 3.30. The van der Waals surface area contributed by atoms with Crippen LogP contribution in [0.3, 0.4) is 0 Å². The fraction of sp³-hybridized carbons (Fsp3) is 0.381. The van der Waals surface area contributed by atoms with Crippen LogP contribution in [0.1, 0.15) is 38.2 Å². The van der Waals surface area contributed by atoms with Crippen molar-refractivity contribution in [1.29, 1.82) is 0 Å². The maximum Gasteiger partial charge on any atom is 0.319 e. The van der Waals surface area contributed by atoms with Crippen molar-refractivity contribution >= 4 is 27.4 Å².